The van der Waals surface area contributed by atoms with Gasteiger partial charge in [0.1, 0.15) is 5.75 Å². The molecule has 17 heavy (non-hydrogen) atoms. The van der Waals surface area contributed by atoms with E-state index in [-0.39, 0.29) is 0 Å². The predicted molar refractivity (Wildman–Crippen MR) is 70.6 cm³/mol. The van der Waals surface area contributed by atoms with Crippen molar-refractivity contribution < 1.29 is 5.11 Å². The SMILES string of the molecule is CCc1nc(-c2ccc(O)cc2)c(C2CC2)s1. The van der Waals surface area contributed by atoms with Gasteiger partial charge in [0.05, 0.1) is 10.7 Å². The second-order valence-corrected chi connectivity index (χ2v) is 5.61. The normalized spacial score (nSPS) is 15.1. The number of phenolic OH excluding ortho intramolecular Hbond substituents is 1. The second kappa shape index (κ2) is 4.15. The molecule has 3 rings (SSSR count). The largest absolute Gasteiger partial charge is 0.508 e. The number of phenols is 1. The van der Waals surface area contributed by atoms with Gasteiger partial charge in [-0.25, -0.2) is 4.98 Å². The summed E-state index contributed by atoms with van der Waals surface area (Å²) in [7, 11) is 0. The monoisotopic (exact) mass is 245 g/mol. The average Bonchev–Trinajstić information content (AvgIpc) is 3.10. The fraction of sp³-hybridized carbons (Fsp3) is 0.357. The van der Waals surface area contributed by atoms with Crippen LogP contribution in [0, 0.1) is 0 Å². The molecule has 1 fully saturated rings. The molecule has 1 aromatic carbocycles. The van der Waals surface area contributed by atoms with Crippen LogP contribution >= 0.6 is 11.3 Å². The molecular formula is C14H15NOS. The van der Waals surface area contributed by atoms with Crippen LogP contribution in [0.25, 0.3) is 11.3 Å². The van der Waals surface area contributed by atoms with Gasteiger partial charge in [0, 0.05) is 10.4 Å². The summed E-state index contributed by atoms with van der Waals surface area (Å²) in [5, 5.41) is 10.5. The van der Waals surface area contributed by atoms with Gasteiger partial charge in [-0.3, -0.25) is 0 Å². The first-order valence-corrected chi connectivity index (χ1v) is 6.88. The van der Waals surface area contributed by atoms with Gasteiger partial charge < -0.3 is 5.11 Å². The number of nitrogens with zero attached hydrogens (tertiary/aromatic N) is 1. The Bertz CT molecular complexity index is 526. The van der Waals surface area contributed by atoms with E-state index < -0.39 is 0 Å². The molecule has 1 aliphatic carbocycles. The highest BCUT2D eigenvalue weighted by Crippen LogP contribution is 2.47. The van der Waals surface area contributed by atoms with Crippen LogP contribution < -0.4 is 0 Å². The highest BCUT2D eigenvalue weighted by molar-refractivity contribution is 7.12. The Kier molecular flexibility index (Phi) is 2.63. The Labute approximate surface area is 105 Å². The summed E-state index contributed by atoms with van der Waals surface area (Å²) >= 11 is 1.86. The molecule has 1 aliphatic rings. The molecule has 1 saturated carbocycles. The predicted octanol–water partition coefficient (Wildman–Crippen LogP) is 3.96. The molecule has 3 heteroatoms. The molecule has 1 heterocycles. The Morgan fingerprint density at radius 3 is 2.59 bits per heavy atom. The molecule has 0 unspecified atom stereocenters. The molecule has 0 amide bonds. The lowest BCUT2D eigenvalue weighted by Crippen LogP contribution is -1.83. The number of benzene rings is 1. The van der Waals surface area contributed by atoms with Crippen molar-refractivity contribution in [2.45, 2.75) is 32.1 Å². The summed E-state index contributed by atoms with van der Waals surface area (Å²) < 4.78 is 0. The van der Waals surface area contributed by atoms with Crippen molar-refractivity contribution in [3.63, 3.8) is 0 Å². The first-order valence-electron chi connectivity index (χ1n) is 6.07. The molecule has 88 valence electrons. The van der Waals surface area contributed by atoms with E-state index in [4.69, 9.17) is 4.98 Å². The molecule has 0 spiro atoms. The Balaban J connectivity index is 2.05. The van der Waals surface area contributed by atoms with E-state index in [2.05, 4.69) is 6.92 Å². The minimum atomic E-state index is 0.313. The molecule has 2 aromatic rings. The zero-order chi connectivity index (χ0) is 11.8. The van der Waals surface area contributed by atoms with Gasteiger partial charge in [0.15, 0.2) is 0 Å². The summed E-state index contributed by atoms with van der Waals surface area (Å²) in [6.07, 6.45) is 3.61. The zero-order valence-corrected chi connectivity index (χ0v) is 10.6. The number of aryl methyl sites for hydroxylation is 1. The number of aromatic hydroxyl groups is 1. The van der Waals surface area contributed by atoms with Crippen molar-refractivity contribution in [3.8, 4) is 17.0 Å². The molecule has 1 N–H and O–H groups in total. The molecule has 0 radical (unpaired) electrons. The van der Waals surface area contributed by atoms with Gasteiger partial charge >= 0.3 is 0 Å². The van der Waals surface area contributed by atoms with Crippen molar-refractivity contribution in [3.05, 3.63) is 34.2 Å². The number of hydrogen-bond acceptors (Lipinski definition) is 3. The second-order valence-electron chi connectivity index (χ2n) is 4.50. The number of thiazole rings is 1. The van der Waals surface area contributed by atoms with Crippen LogP contribution in [0.15, 0.2) is 24.3 Å². The first-order chi connectivity index (χ1) is 8.28. The van der Waals surface area contributed by atoms with Crippen LogP contribution in [0.2, 0.25) is 0 Å². The van der Waals surface area contributed by atoms with Crippen molar-refractivity contribution in [1.29, 1.82) is 0 Å². The summed E-state index contributed by atoms with van der Waals surface area (Å²) in [5.41, 5.74) is 2.26. The van der Waals surface area contributed by atoms with Crippen LogP contribution in [0.5, 0.6) is 5.75 Å². The van der Waals surface area contributed by atoms with Crippen molar-refractivity contribution >= 4 is 11.3 Å². The Morgan fingerprint density at radius 2 is 2.00 bits per heavy atom. The van der Waals surface area contributed by atoms with Crippen LogP contribution in [-0.2, 0) is 6.42 Å². The summed E-state index contributed by atoms with van der Waals surface area (Å²) in [5.74, 6) is 1.05. The van der Waals surface area contributed by atoms with Crippen LogP contribution in [0.3, 0.4) is 0 Å². The van der Waals surface area contributed by atoms with Gasteiger partial charge in [-0.2, -0.15) is 0 Å². The van der Waals surface area contributed by atoms with E-state index in [1.807, 2.05) is 23.5 Å². The lowest BCUT2D eigenvalue weighted by Gasteiger charge is -2.01. The molecule has 0 aliphatic heterocycles. The fourth-order valence-corrected chi connectivity index (χ4v) is 3.18. The van der Waals surface area contributed by atoms with E-state index in [1.54, 1.807) is 12.1 Å². The molecule has 0 saturated heterocycles. The van der Waals surface area contributed by atoms with Gasteiger partial charge in [0.25, 0.3) is 0 Å². The summed E-state index contributed by atoms with van der Waals surface area (Å²) in [4.78, 5) is 6.16. The van der Waals surface area contributed by atoms with E-state index in [0.717, 1.165) is 23.6 Å². The minimum absolute atomic E-state index is 0.313. The van der Waals surface area contributed by atoms with Crippen molar-refractivity contribution in [2.24, 2.45) is 0 Å². The molecular weight excluding hydrogens is 230 g/mol. The third-order valence-corrected chi connectivity index (χ3v) is 4.45. The van der Waals surface area contributed by atoms with Gasteiger partial charge in [-0.05, 0) is 49.4 Å². The maximum Gasteiger partial charge on any atom is 0.115 e. The fourth-order valence-electron chi connectivity index (χ4n) is 1.98. The zero-order valence-electron chi connectivity index (χ0n) is 9.81. The average molecular weight is 245 g/mol. The van der Waals surface area contributed by atoms with E-state index in [1.165, 1.54) is 22.7 Å². The van der Waals surface area contributed by atoms with Crippen LogP contribution in [-0.4, -0.2) is 10.1 Å². The lowest BCUT2D eigenvalue weighted by molar-refractivity contribution is 0.475. The maximum absolute atomic E-state index is 9.33. The smallest absolute Gasteiger partial charge is 0.115 e. The summed E-state index contributed by atoms with van der Waals surface area (Å²) in [6, 6.07) is 7.37. The number of rotatable bonds is 3. The highest BCUT2D eigenvalue weighted by atomic mass is 32.1. The van der Waals surface area contributed by atoms with E-state index >= 15 is 0 Å². The maximum atomic E-state index is 9.33. The third-order valence-electron chi connectivity index (χ3n) is 3.09. The molecule has 1 aromatic heterocycles. The topological polar surface area (TPSA) is 33.1 Å². The highest BCUT2D eigenvalue weighted by Gasteiger charge is 2.29. The van der Waals surface area contributed by atoms with Gasteiger partial charge in [-0.1, -0.05) is 6.92 Å². The van der Waals surface area contributed by atoms with E-state index in [0.29, 0.717) is 5.75 Å². The number of hydrogen-bond donors (Lipinski definition) is 1. The number of aromatic nitrogens is 1. The Hall–Kier alpha value is -1.35. The van der Waals surface area contributed by atoms with Crippen LogP contribution in [0.1, 0.15) is 35.6 Å². The molecule has 0 atom stereocenters. The molecule has 2 nitrogen and oxygen atoms in total. The van der Waals surface area contributed by atoms with Gasteiger partial charge in [0.2, 0.25) is 0 Å². The van der Waals surface area contributed by atoms with E-state index in [9.17, 15) is 5.11 Å². The first kappa shape index (κ1) is 10.8. The summed E-state index contributed by atoms with van der Waals surface area (Å²) in [6.45, 7) is 2.15. The van der Waals surface area contributed by atoms with Crippen LogP contribution in [0.4, 0.5) is 0 Å². The quantitative estimate of drug-likeness (QED) is 0.888. The molecule has 0 bridgehead atoms. The standard InChI is InChI=1S/C14H15NOS/c1-2-12-15-13(14(17-12)10-3-4-10)9-5-7-11(16)8-6-9/h5-8,10,16H,2-4H2,1H3. The Morgan fingerprint density at radius 1 is 1.29 bits per heavy atom. The van der Waals surface area contributed by atoms with Crippen molar-refractivity contribution in [1.82, 2.24) is 4.98 Å². The third kappa shape index (κ3) is 2.07. The minimum Gasteiger partial charge on any atom is -0.508 e. The lowest BCUT2D eigenvalue weighted by atomic mass is 10.1. The van der Waals surface area contributed by atoms with Gasteiger partial charge in [-0.15, -0.1) is 11.3 Å². The van der Waals surface area contributed by atoms with Crippen molar-refractivity contribution in [2.75, 3.05) is 0 Å².